The second kappa shape index (κ2) is 3.81. The summed E-state index contributed by atoms with van der Waals surface area (Å²) in [7, 11) is 1.81. The fourth-order valence-electron chi connectivity index (χ4n) is 1.89. The molecule has 3 heteroatoms. The fraction of sp³-hybridized carbons (Fsp3) is 0.462. The first kappa shape index (κ1) is 11.0. The number of benzene rings is 1. The van der Waals surface area contributed by atoms with Gasteiger partial charge in [0.2, 0.25) is 5.91 Å². The van der Waals surface area contributed by atoms with Crippen LogP contribution < -0.4 is 9.64 Å². The van der Waals surface area contributed by atoms with Crippen molar-refractivity contribution in [1.29, 1.82) is 0 Å². The van der Waals surface area contributed by atoms with Gasteiger partial charge in [-0.25, -0.2) is 0 Å². The van der Waals surface area contributed by atoms with Crippen molar-refractivity contribution >= 4 is 11.6 Å². The number of nitrogens with zero attached hydrogens (tertiary/aromatic N) is 1. The van der Waals surface area contributed by atoms with Crippen molar-refractivity contribution < 1.29 is 9.53 Å². The number of carbonyl (C=O) groups is 1. The number of anilines is 1. The molecular formula is C13H17NO2. The van der Waals surface area contributed by atoms with Crippen LogP contribution in [-0.2, 0) is 4.79 Å². The van der Waals surface area contributed by atoms with E-state index in [1.807, 2.05) is 26.0 Å². The monoisotopic (exact) mass is 219 g/mol. The molecule has 1 aliphatic heterocycles. The molecule has 0 bridgehead atoms. The standard InChI is InChI=1S/C13H17NO2/c1-8-5-11-12(6-9(8)2)16-7-10(3)13(15)14(11)4/h5-6,10H,7H2,1-4H3. The Morgan fingerprint density at radius 2 is 1.94 bits per heavy atom. The number of carbonyl (C=O) groups excluding carboxylic acids is 1. The van der Waals surface area contributed by atoms with E-state index < -0.39 is 0 Å². The zero-order valence-electron chi connectivity index (χ0n) is 10.2. The molecule has 1 atom stereocenters. The van der Waals surface area contributed by atoms with Crippen molar-refractivity contribution in [3.8, 4) is 5.75 Å². The SMILES string of the molecule is Cc1cc2c(cc1C)N(C)C(=O)C(C)CO2. The first-order chi connectivity index (χ1) is 7.50. The molecule has 0 saturated heterocycles. The van der Waals surface area contributed by atoms with E-state index in [9.17, 15) is 4.79 Å². The Bertz CT molecular complexity index is 440. The number of aryl methyl sites for hydroxylation is 2. The third-order valence-corrected chi connectivity index (χ3v) is 3.18. The molecule has 0 saturated carbocycles. The highest BCUT2D eigenvalue weighted by molar-refractivity contribution is 5.96. The molecule has 1 amide bonds. The average molecular weight is 219 g/mol. The van der Waals surface area contributed by atoms with Crippen LogP contribution in [0, 0.1) is 19.8 Å². The number of ether oxygens (including phenoxy) is 1. The molecule has 1 aromatic rings. The molecule has 1 heterocycles. The van der Waals surface area contributed by atoms with Gasteiger partial charge in [0.25, 0.3) is 0 Å². The predicted molar refractivity (Wildman–Crippen MR) is 64.0 cm³/mol. The number of amides is 1. The lowest BCUT2D eigenvalue weighted by Gasteiger charge is -2.18. The quantitative estimate of drug-likeness (QED) is 0.670. The van der Waals surface area contributed by atoms with Gasteiger partial charge in [-0.1, -0.05) is 6.92 Å². The molecule has 0 spiro atoms. The van der Waals surface area contributed by atoms with Gasteiger partial charge in [-0.05, 0) is 37.1 Å². The third kappa shape index (κ3) is 1.66. The smallest absolute Gasteiger partial charge is 0.233 e. The Kier molecular flexibility index (Phi) is 2.62. The van der Waals surface area contributed by atoms with Crippen LogP contribution in [0.5, 0.6) is 5.75 Å². The summed E-state index contributed by atoms with van der Waals surface area (Å²) in [6.45, 7) is 6.44. The molecule has 1 aromatic carbocycles. The van der Waals surface area contributed by atoms with Crippen LogP contribution in [-0.4, -0.2) is 19.6 Å². The van der Waals surface area contributed by atoms with E-state index in [4.69, 9.17) is 4.74 Å². The van der Waals surface area contributed by atoms with E-state index in [1.54, 1.807) is 11.9 Å². The topological polar surface area (TPSA) is 29.5 Å². The minimum Gasteiger partial charge on any atom is -0.491 e. The summed E-state index contributed by atoms with van der Waals surface area (Å²) in [6, 6.07) is 4.02. The zero-order chi connectivity index (χ0) is 11.9. The zero-order valence-corrected chi connectivity index (χ0v) is 10.2. The Balaban J connectivity index is 2.53. The summed E-state index contributed by atoms with van der Waals surface area (Å²) in [5.41, 5.74) is 3.24. The van der Waals surface area contributed by atoms with Crippen LogP contribution in [0.15, 0.2) is 12.1 Å². The number of fused-ring (bicyclic) bond motifs is 1. The van der Waals surface area contributed by atoms with Gasteiger partial charge < -0.3 is 9.64 Å². The minimum atomic E-state index is -0.0852. The maximum atomic E-state index is 11.9. The average Bonchev–Trinajstić information content (AvgIpc) is 2.35. The van der Waals surface area contributed by atoms with Gasteiger partial charge in [0.1, 0.15) is 5.75 Å². The normalized spacial score (nSPS) is 20.1. The van der Waals surface area contributed by atoms with Crippen LogP contribution in [0.3, 0.4) is 0 Å². The van der Waals surface area contributed by atoms with Gasteiger partial charge in [0.05, 0.1) is 18.2 Å². The summed E-state index contributed by atoms with van der Waals surface area (Å²) >= 11 is 0. The highest BCUT2D eigenvalue weighted by atomic mass is 16.5. The van der Waals surface area contributed by atoms with Gasteiger partial charge in [-0.2, -0.15) is 0 Å². The van der Waals surface area contributed by atoms with Crippen molar-refractivity contribution in [1.82, 2.24) is 0 Å². The largest absolute Gasteiger partial charge is 0.491 e. The third-order valence-electron chi connectivity index (χ3n) is 3.18. The van der Waals surface area contributed by atoms with Crippen molar-refractivity contribution in [2.75, 3.05) is 18.6 Å². The second-order valence-corrected chi connectivity index (χ2v) is 4.51. The van der Waals surface area contributed by atoms with E-state index in [1.165, 1.54) is 11.1 Å². The number of rotatable bonds is 0. The molecule has 16 heavy (non-hydrogen) atoms. The Morgan fingerprint density at radius 3 is 2.62 bits per heavy atom. The van der Waals surface area contributed by atoms with Crippen LogP contribution in [0.4, 0.5) is 5.69 Å². The molecule has 2 rings (SSSR count). The first-order valence-electron chi connectivity index (χ1n) is 5.52. The van der Waals surface area contributed by atoms with E-state index >= 15 is 0 Å². The maximum absolute atomic E-state index is 11.9. The molecule has 0 fully saturated rings. The lowest BCUT2D eigenvalue weighted by molar-refractivity contribution is -0.122. The van der Waals surface area contributed by atoms with Crippen LogP contribution in [0.2, 0.25) is 0 Å². The lowest BCUT2D eigenvalue weighted by Crippen LogP contribution is -2.31. The highest BCUT2D eigenvalue weighted by Crippen LogP contribution is 2.34. The van der Waals surface area contributed by atoms with E-state index in [0.717, 1.165) is 11.4 Å². The summed E-state index contributed by atoms with van der Waals surface area (Å²) < 4.78 is 5.67. The van der Waals surface area contributed by atoms with Gasteiger partial charge in [0, 0.05) is 7.05 Å². The van der Waals surface area contributed by atoms with Crippen LogP contribution in [0.25, 0.3) is 0 Å². The molecule has 86 valence electrons. The van der Waals surface area contributed by atoms with Crippen molar-refractivity contribution in [3.63, 3.8) is 0 Å². The van der Waals surface area contributed by atoms with E-state index in [2.05, 4.69) is 6.92 Å². The van der Waals surface area contributed by atoms with Gasteiger partial charge >= 0.3 is 0 Å². The lowest BCUT2D eigenvalue weighted by atomic mass is 10.1. The van der Waals surface area contributed by atoms with Crippen molar-refractivity contribution in [2.45, 2.75) is 20.8 Å². The number of hydrogen-bond acceptors (Lipinski definition) is 2. The minimum absolute atomic E-state index is 0.0852. The van der Waals surface area contributed by atoms with E-state index in [-0.39, 0.29) is 11.8 Å². The summed E-state index contributed by atoms with van der Waals surface area (Å²) in [5, 5.41) is 0. The Morgan fingerprint density at radius 1 is 1.31 bits per heavy atom. The maximum Gasteiger partial charge on any atom is 0.233 e. The molecule has 0 aliphatic carbocycles. The van der Waals surface area contributed by atoms with Crippen LogP contribution in [0.1, 0.15) is 18.1 Å². The molecule has 1 unspecified atom stereocenters. The van der Waals surface area contributed by atoms with Gasteiger partial charge in [0.15, 0.2) is 0 Å². The first-order valence-corrected chi connectivity index (χ1v) is 5.52. The van der Waals surface area contributed by atoms with Gasteiger partial charge in [-0.15, -0.1) is 0 Å². The Labute approximate surface area is 96.0 Å². The van der Waals surface area contributed by atoms with Crippen LogP contribution >= 0.6 is 0 Å². The van der Waals surface area contributed by atoms with Crippen molar-refractivity contribution in [2.24, 2.45) is 5.92 Å². The molecule has 0 radical (unpaired) electrons. The van der Waals surface area contributed by atoms with Gasteiger partial charge in [-0.3, -0.25) is 4.79 Å². The molecule has 0 aromatic heterocycles. The fourth-order valence-corrected chi connectivity index (χ4v) is 1.89. The second-order valence-electron chi connectivity index (χ2n) is 4.51. The summed E-state index contributed by atoms with van der Waals surface area (Å²) in [6.07, 6.45) is 0. The summed E-state index contributed by atoms with van der Waals surface area (Å²) in [5.74, 6) is 0.836. The van der Waals surface area contributed by atoms with Crippen molar-refractivity contribution in [3.05, 3.63) is 23.3 Å². The molecule has 1 aliphatic rings. The highest BCUT2D eigenvalue weighted by Gasteiger charge is 2.26. The number of hydrogen-bond donors (Lipinski definition) is 0. The van der Waals surface area contributed by atoms with E-state index in [0.29, 0.717) is 6.61 Å². The molecular weight excluding hydrogens is 202 g/mol. The molecule has 0 N–H and O–H groups in total. The Hall–Kier alpha value is -1.51. The predicted octanol–water partition coefficient (Wildman–Crippen LogP) is 2.29. The summed E-state index contributed by atoms with van der Waals surface area (Å²) in [4.78, 5) is 13.6. The molecule has 3 nitrogen and oxygen atoms in total.